The molecule has 1 saturated heterocycles. The van der Waals surface area contributed by atoms with E-state index >= 15 is 0 Å². The van der Waals surface area contributed by atoms with Crippen LogP contribution in [-0.2, 0) is 33.4 Å². The Morgan fingerprint density at radius 3 is 2.74 bits per heavy atom. The molecule has 5 aliphatic rings. The van der Waals surface area contributed by atoms with Crippen molar-refractivity contribution in [2.24, 2.45) is 28.6 Å². The summed E-state index contributed by atoms with van der Waals surface area (Å²) in [5.74, 6) is -0.398. The van der Waals surface area contributed by atoms with Gasteiger partial charge in [0.05, 0.1) is 18.5 Å². The Kier molecular flexibility index (Phi) is 6.00. The smallest absolute Gasteiger partial charge is 0.264 e. The van der Waals surface area contributed by atoms with E-state index in [1.807, 2.05) is 19.9 Å². The largest absolute Gasteiger partial charge is 0.393 e. The second-order valence-corrected chi connectivity index (χ2v) is 13.2. The molecule has 4 aliphatic carbocycles. The van der Waals surface area contributed by atoms with Crippen molar-refractivity contribution in [3.8, 4) is 0 Å². The van der Waals surface area contributed by atoms with Gasteiger partial charge in [0.25, 0.3) is 10.1 Å². The van der Waals surface area contributed by atoms with Crippen LogP contribution in [0.1, 0.15) is 59.3 Å². The lowest BCUT2D eigenvalue weighted by Gasteiger charge is -2.59. The first kappa shape index (κ1) is 25.3. The first-order chi connectivity index (χ1) is 16.4. The topological polar surface area (TPSA) is 116 Å². The lowest BCUT2D eigenvalue weighted by Crippen LogP contribution is -2.63. The number of ketones is 2. The third kappa shape index (κ3) is 3.64. The molecule has 1 aliphatic heterocycles. The predicted molar refractivity (Wildman–Crippen MR) is 127 cm³/mol. The Hall–Kier alpha value is -1.39. The highest BCUT2D eigenvalue weighted by Crippen LogP contribution is 2.69. The number of hydrogen-bond acceptors (Lipinski definition) is 8. The molecule has 0 aromatic carbocycles. The van der Waals surface area contributed by atoms with Gasteiger partial charge in [-0.15, -0.1) is 0 Å². The number of aliphatic hydroxyl groups excluding tert-OH is 1. The summed E-state index contributed by atoms with van der Waals surface area (Å²) in [4.78, 5) is 25.8. The molecule has 35 heavy (non-hydrogen) atoms. The van der Waals surface area contributed by atoms with Gasteiger partial charge < -0.3 is 14.6 Å². The summed E-state index contributed by atoms with van der Waals surface area (Å²) in [6, 6.07) is 0. The van der Waals surface area contributed by atoms with Gasteiger partial charge in [-0.2, -0.15) is 8.42 Å². The molecule has 9 heteroatoms. The molecule has 0 spiro atoms. The first-order valence-electron chi connectivity index (χ1n) is 12.7. The molecule has 0 aromatic rings. The summed E-state index contributed by atoms with van der Waals surface area (Å²) in [6.45, 7) is 5.50. The highest BCUT2D eigenvalue weighted by molar-refractivity contribution is 7.86. The zero-order valence-corrected chi connectivity index (χ0v) is 21.7. The van der Waals surface area contributed by atoms with E-state index in [2.05, 4.69) is 6.92 Å². The van der Waals surface area contributed by atoms with Crippen molar-refractivity contribution in [3.05, 3.63) is 23.8 Å². The molecule has 4 fully saturated rings. The molecule has 1 N–H and O–H groups in total. The molecule has 3 saturated carbocycles. The highest BCUT2D eigenvalue weighted by atomic mass is 32.2. The number of ether oxygens (including phenoxy) is 2. The fraction of sp³-hybridized carbons (Fsp3) is 0.769. The molecule has 0 radical (unpaired) electrons. The quantitative estimate of drug-likeness (QED) is 0.545. The minimum absolute atomic E-state index is 0.0133. The van der Waals surface area contributed by atoms with E-state index in [1.165, 1.54) is 0 Å². The fourth-order valence-corrected chi connectivity index (χ4v) is 8.59. The monoisotopic (exact) mass is 508 g/mol. The molecule has 5 rings (SSSR count). The Balaban J connectivity index is 1.53. The zero-order chi connectivity index (χ0) is 25.4. The van der Waals surface area contributed by atoms with Crippen molar-refractivity contribution in [2.75, 3.05) is 12.9 Å². The van der Waals surface area contributed by atoms with Gasteiger partial charge in [-0.1, -0.05) is 38.8 Å². The van der Waals surface area contributed by atoms with Crippen LogP contribution in [0.25, 0.3) is 0 Å². The Morgan fingerprint density at radius 1 is 1.31 bits per heavy atom. The molecular formula is C26H36O8S. The van der Waals surface area contributed by atoms with Crippen LogP contribution in [-0.4, -0.2) is 62.1 Å². The van der Waals surface area contributed by atoms with Crippen molar-refractivity contribution in [1.29, 1.82) is 0 Å². The average Bonchev–Trinajstić information content (AvgIpc) is 3.24. The van der Waals surface area contributed by atoms with Crippen LogP contribution >= 0.6 is 0 Å². The van der Waals surface area contributed by atoms with E-state index in [0.717, 1.165) is 31.1 Å². The summed E-state index contributed by atoms with van der Waals surface area (Å²) >= 11 is 0. The number of fused-ring (bicyclic) bond motifs is 7. The highest BCUT2D eigenvalue weighted by Gasteiger charge is 2.75. The number of aliphatic hydroxyl groups is 1. The number of carbonyl (C=O) groups excluding carboxylic acids is 2. The average molecular weight is 509 g/mol. The van der Waals surface area contributed by atoms with E-state index in [4.69, 9.17) is 13.7 Å². The van der Waals surface area contributed by atoms with Crippen LogP contribution in [0.15, 0.2) is 23.8 Å². The van der Waals surface area contributed by atoms with Gasteiger partial charge in [-0.25, -0.2) is 0 Å². The molecule has 1 heterocycles. The molecule has 0 unspecified atom stereocenters. The molecular weight excluding hydrogens is 472 g/mol. The van der Waals surface area contributed by atoms with Crippen LogP contribution in [0.3, 0.4) is 0 Å². The third-order valence-corrected chi connectivity index (χ3v) is 10.2. The van der Waals surface area contributed by atoms with E-state index in [9.17, 15) is 23.1 Å². The number of hydrogen-bond donors (Lipinski definition) is 1. The maximum Gasteiger partial charge on any atom is 0.264 e. The Morgan fingerprint density at radius 2 is 2.06 bits per heavy atom. The minimum atomic E-state index is -3.82. The summed E-state index contributed by atoms with van der Waals surface area (Å²) in [7, 11) is -3.82. The van der Waals surface area contributed by atoms with E-state index in [1.54, 1.807) is 12.2 Å². The zero-order valence-electron chi connectivity index (χ0n) is 20.9. The van der Waals surface area contributed by atoms with Crippen LogP contribution in [0, 0.1) is 28.6 Å². The van der Waals surface area contributed by atoms with Crippen molar-refractivity contribution < 1.29 is 36.8 Å². The van der Waals surface area contributed by atoms with Crippen LogP contribution in [0.5, 0.6) is 0 Å². The van der Waals surface area contributed by atoms with Crippen molar-refractivity contribution in [3.63, 3.8) is 0 Å². The molecule has 0 bridgehead atoms. The second-order valence-electron chi connectivity index (χ2n) is 11.5. The Bertz CT molecular complexity index is 1090. The summed E-state index contributed by atoms with van der Waals surface area (Å²) in [6.07, 6.45) is 8.33. The van der Waals surface area contributed by atoms with Crippen LogP contribution in [0.2, 0.25) is 0 Å². The number of Topliss-reactive ketones (excluding diaryl/α,β-unsaturated/α-hetero) is 1. The maximum atomic E-state index is 13.8. The van der Waals surface area contributed by atoms with E-state index < -0.39 is 57.4 Å². The van der Waals surface area contributed by atoms with Gasteiger partial charge in [0, 0.05) is 16.7 Å². The van der Waals surface area contributed by atoms with Gasteiger partial charge >= 0.3 is 0 Å². The standard InChI is InChI=1S/C26H36O8S/c1-5-6-22-33-21-12-18-17-8-7-15-11-16(27)9-10-24(15,2)23(17)19(28)13-25(18,3)26(21,34-22)20(29)14-32-35(4,30)31/h9-11,17-19,21-23,28H,5-8,12-14H2,1-4H3/t17-,18-,19+,21-,22-,23+,24+,25+,26+/m1/s1. The molecule has 0 amide bonds. The second kappa shape index (κ2) is 8.31. The minimum Gasteiger partial charge on any atom is -0.393 e. The van der Waals surface area contributed by atoms with Gasteiger partial charge in [0.15, 0.2) is 23.5 Å². The summed E-state index contributed by atoms with van der Waals surface area (Å²) < 4.78 is 41.1. The summed E-state index contributed by atoms with van der Waals surface area (Å²) in [5.41, 5.74) is -1.47. The molecule has 194 valence electrons. The van der Waals surface area contributed by atoms with Crippen molar-refractivity contribution >= 4 is 21.7 Å². The number of allylic oxidation sites excluding steroid dienone is 4. The molecule has 9 atom stereocenters. The maximum absolute atomic E-state index is 13.8. The summed E-state index contributed by atoms with van der Waals surface area (Å²) in [5, 5.41) is 11.7. The van der Waals surface area contributed by atoms with Gasteiger partial charge in [-0.3, -0.25) is 13.8 Å². The number of rotatable bonds is 6. The Labute approximate surface area is 207 Å². The van der Waals surface area contributed by atoms with Gasteiger partial charge in [0.1, 0.15) is 6.61 Å². The van der Waals surface area contributed by atoms with E-state index in [-0.39, 0.29) is 23.5 Å². The van der Waals surface area contributed by atoms with Crippen molar-refractivity contribution in [1.82, 2.24) is 0 Å². The third-order valence-electron chi connectivity index (χ3n) is 9.63. The van der Waals surface area contributed by atoms with Crippen LogP contribution in [0.4, 0.5) is 0 Å². The number of carbonyl (C=O) groups is 2. The normalized spacial score (nSPS) is 46.4. The lowest BCUT2D eigenvalue weighted by molar-refractivity contribution is -0.200. The van der Waals surface area contributed by atoms with Crippen molar-refractivity contribution in [2.45, 2.75) is 83.4 Å². The lowest BCUT2D eigenvalue weighted by atomic mass is 9.46. The SMILES string of the molecule is CCC[C@@H]1O[C@@H]2C[C@@H]3[C@H]4CCC5=CC(=O)C=C[C@]5(C)[C@@H]4[C@@H](O)C[C@]3(C)[C@@]2(C(=O)COS(C)(=O)=O)O1. The predicted octanol–water partition coefficient (Wildman–Crippen LogP) is 2.70. The van der Waals surface area contributed by atoms with Gasteiger partial charge in [-0.05, 0) is 56.1 Å². The van der Waals surface area contributed by atoms with Crippen LogP contribution < -0.4 is 0 Å². The van der Waals surface area contributed by atoms with E-state index in [0.29, 0.717) is 19.3 Å². The molecule has 8 nitrogen and oxygen atoms in total. The fourth-order valence-electron chi connectivity index (χ4n) is 8.27. The first-order valence-corrected chi connectivity index (χ1v) is 14.5. The molecule has 0 aromatic heterocycles. The van der Waals surface area contributed by atoms with Gasteiger partial charge in [0.2, 0.25) is 0 Å².